The summed E-state index contributed by atoms with van der Waals surface area (Å²) in [7, 11) is 0. The summed E-state index contributed by atoms with van der Waals surface area (Å²) in [6.45, 7) is 0.0976. The van der Waals surface area contributed by atoms with Crippen molar-refractivity contribution in [2.24, 2.45) is 0 Å². The second kappa shape index (κ2) is 5.60. The second-order valence-corrected chi connectivity index (χ2v) is 3.96. The summed E-state index contributed by atoms with van der Waals surface area (Å²) in [4.78, 5) is 15.5. The van der Waals surface area contributed by atoms with E-state index < -0.39 is 11.8 Å². The van der Waals surface area contributed by atoms with Crippen LogP contribution in [-0.4, -0.2) is 11.0 Å². The van der Waals surface area contributed by atoms with E-state index in [4.69, 9.17) is 16.3 Å². The van der Waals surface area contributed by atoms with Crippen LogP contribution in [0.2, 0.25) is 5.15 Å². The van der Waals surface area contributed by atoms with Crippen LogP contribution in [0.25, 0.3) is 0 Å². The molecular formula is C13H9ClFNO2. The molecule has 0 bridgehead atoms. The molecular weight excluding hydrogens is 257 g/mol. The van der Waals surface area contributed by atoms with Crippen molar-refractivity contribution >= 4 is 17.6 Å². The Labute approximate surface area is 108 Å². The molecule has 3 nitrogen and oxygen atoms in total. The fourth-order valence-corrected chi connectivity index (χ4v) is 1.42. The molecule has 0 aliphatic rings. The molecule has 0 saturated heterocycles. The Hall–Kier alpha value is -1.94. The zero-order valence-corrected chi connectivity index (χ0v) is 10.0. The lowest BCUT2D eigenvalue weighted by atomic mass is 10.2. The average molecular weight is 266 g/mol. The third kappa shape index (κ3) is 3.28. The van der Waals surface area contributed by atoms with Crippen LogP contribution in [0.15, 0.2) is 42.6 Å². The van der Waals surface area contributed by atoms with Crippen LogP contribution in [0.4, 0.5) is 4.39 Å². The fourth-order valence-electron chi connectivity index (χ4n) is 1.31. The first-order valence-electron chi connectivity index (χ1n) is 5.18. The summed E-state index contributed by atoms with van der Waals surface area (Å²) in [5.41, 5.74) is 1.04. The van der Waals surface area contributed by atoms with Gasteiger partial charge in [0.05, 0.1) is 5.56 Å². The predicted molar refractivity (Wildman–Crippen MR) is 64.8 cm³/mol. The first-order valence-corrected chi connectivity index (χ1v) is 5.56. The Balaban J connectivity index is 1.96. The van der Waals surface area contributed by atoms with E-state index in [0.29, 0.717) is 10.7 Å². The van der Waals surface area contributed by atoms with Crippen LogP contribution in [-0.2, 0) is 11.3 Å². The number of carbonyl (C=O) groups excluding carboxylic acids is 1. The van der Waals surface area contributed by atoms with Crippen molar-refractivity contribution in [3.63, 3.8) is 0 Å². The first-order chi connectivity index (χ1) is 8.65. The quantitative estimate of drug-likeness (QED) is 0.632. The normalized spacial score (nSPS) is 10.1. The molecule has 1 heterocycles. The summed E-state index contributed by atoms with van der Waals surface area (Å²) in [5.74, 6) is -0.904. The third-order valence-corrected chi connectivity index (χ3v) is 2.46. The van der Waals surface area contributed by atoms with Gasteiger partial charge in [0.25, 0.3) is 0 Å². The van der Waals surface area contributed by atoms with Crippen molar-refractivity contribution in [3.05, 3.63) is 64.7 Å². The van der Waals surface area contributed by atoms with E-state index in [9.17, 15) is 9.18 Å². The maximum Gasteiger partial charge on any atom is 0.338 e. The number of rotatable bonds is 3. The zero-order chi connectivity index (χ0) is 13.0. The number of hydrogen-bond acceptors (Lipinski definition) is 3. The Kier molecular flexibility index (Phi) is 3.89. The highest BCUT2D eigenvalue weighted by Crippen LogP contribution is 2.09. The van der Waals surface area contributed by atoms with Gasteiger partial charge in [0.1, 0.15) is 17.6 Å². The van der Waals surface area contributed by atoms with Crippen LogP contribution in [0, 0.1) is 5.82 Å². The standard InChI is InChI=1S/C13H9ClFNO2/c14-12-6-1-9(7-16-12)8-18-13(17)10-2-4-11(15)5-3-10/h1-7H,8H2. The maximum absolute atomic E-state index is 12.7. The monoisotopic (exact) mass is 265 g/mol. The number of carbonyl (C=O) groups is 1. The topological polar surface area (TPSA) is 39.2 Å². The van der Waals surface area contributed by atoms with Crippen molar-refractivity contribution in [1.29, 1.82) is 0 Å². The fraction of sp³-hybridized carbons (Fsp3) is 0.0769. The molecule has 2 rings (SSSR count). The molecule has 0 unspecified atom stereocenters. The predicted octanol–water partition coefficient (Wildman–Crippen LogP) is 3.23. The van der Waals surface area contributed by atoms with Gasteiger partial charge in [-0.1, -0.05) is 17.7 Å². The minimum absolute atomic E-state index is 0.0976. The summed E-state index contributed by atoms with van der Waals surface area (Å²) in [6.07, 6.45) is 1.53. The molecule has 2 aromatic rings. The molecule has 0 N–H and O–H groups in total. The molecule has 0 aliphatic carbocycles. The van der Waals surface area contributed by atoms with E-state index in [-0.39, 0.29) is 6.61 Å². The van der Waals surface area contributed by atoms with Crippen LogP contribution >= 0.6 is 11.6 Å². The van der Waals surface area contributed by atoms with Gasteiger partial charge in [0, 0.05) is 11.8 Å². The molecule has 0 radical (unpaired) electrons. The second-order valence-electron chi connectivity index (χ2n) is 3.57. The number of pyridine rings is 1. The number of ether oxygens (including phenoxy) is 1. The van der Waals surface area contributed by atoms with E-state index >= 15 is 0 Å². The molecule has 0 atom stereocenters. The number of hydrogen-bond donors (Lipinski definition) is 0. The highest BCUT2D eigenvalue weighted by molar-refractivity contribution is 6.29. The Bertz CT molecular complexity index is 540. The van der Waals surface area contributed by atoms with E-state index in [2.05, 4.69) is 4.98 Å². The highest BCUT2D eigenvalue weighted by Gasteiger charge is 2.07. The molecule has 1 aromatic heterocycles. The minimum Gasteiger partial charge on any atom is -0.457 e. The molecule has 18 heavy (non-hydrogen) atoms. The molecule has 92 valence electrons. The Morgan fingerprint density at radius 3 is 2.56 bits per heavy atom. The minimum atomic E-state index is -0.509. The van der Waals surface area contributed by atoms with Crippen molar-refractivity contribution in [2.45, 2.75) is 6.61 Å². The molecule has 0 saturated carbocycles. The van der Waals surface area contributed by atoms with Gasteiger partial charge in [-0.15, -0.1) is 0 Å². The van der Waals surface area contributed by atoms with E-state index in [1.165, 1.54) is 30.5 Å². The van der Waals surface area contributed by atoms with Crippen LogP contribution in [0.5, 0.6) is 0 Å². The zero-order valence-electron chi connectivity index (χ0n) is 9.27. The van der Waals surface area contributed by atoms with Gasteiger partial charge in [-0.25, -0.2) is 14.2 Å². The lowest BCUT2D eigenvalue weighted by molar-refractivity contribution is 0.0472. The van der Waals surface area contributed by atoms with Crippen molar-refractivity contribution in [2.75, 3.05) is 0 Å². The summed E-state index contributed by atoms with van der Waals surface area (Å²) in [5, 5.41) is 0.378. The van der Waals surface area contributed by atoms with E-state index in [1.54, 1.807) is 12.1 Å². The molecule has 0 amide bonds. The summed E-state index contributed by atoms with van der Waals surface area (Å²) in [6, 6.07) is 8.49. The number of nitrogens with zero attached hydrogens (tertiary/aromatic N) is 1. The number of aromatic nitrogens is 1. The van der Waals surface area contributed by atoms with E-state index in [1.807, 2.05) is 0 Å². The van der Waals surface area contributed by atoms with Gasteiger partial charge in [0.15, 0.2) is 0 Å². The van der Waals surface area contributed by atoms with Gasteiger partial charge < -0.3 is 4.74 Å². The van der Waals surface area contributed by atoms with Gasteiger partial charge in [-0.2, -0.15) is 0 Å². The smallest absolute Gasteiger partial charge is 0.338 e. The highest BCUT2D eigenvalue weighted by atomic mass is 35.5. The first kappa shape index (κ1) is 12.5. The molecule has 0 aliphatic heterocycles. The molecule has 0 fully saturated rings. The summed E-state index contributed by atoms with van der Waals surface area (Å²) < 4.78 is 17.7. The Morgan fingerprint density at radius 1 is 1.22 bits per heavy atom. The van der Waals surface area contributed by atoms with Gasteiger partial charge >= 0.3 is 5.97 Å². The molecule has 1 aromatic carbocycles. The lowest BCUT2D eigenvalue weighted by Gasteiger charge is -2.04. The largest absolute Gasteiger partial charge is 0.457 e. The van der Waals surface area contributed by atoms with Crippen LogP contribution in [0.3, 0.4) is 0 Å². The van der Waals surface area contributed by atoms with Crippen LogP contribution < -0.4 is 0 Å². The van der Waals surface area contributed by atoms with Crippen molar-refractivity contribution in [3.8, 4) is 0 Å². The number of benzene rings is 1. The van der Waals surface area contributed by atoms with Gasteiger partial charge in [-0.3, -0.25) is 0 Å². The molecule has 0 spiro atoms. The SMILES string of the molecule is O=C(OCc1ccc(Cl)nc1)c1ccc(F)cc1. The third-order valence-electron chi connectivity index (χ3n) is 2.24. The van der Waals surface area contributed by atoms with Crippen molar-refractivity contribution < 1.29 is 13.9 Å². The van der Waals surface area contributed by atoms with Crippen LogP contribution in [0.1, 0.15) is 15.9 Å². The average Bonchev–Trinajstić information content (AvgIpc) is 2.38. The lowest BCUT2D eigenvalue weighted by Crippen LogP contribution is -2.05. The molecule has 5 heteroatoms. The summed E-state index contributed by atoms with van der Waals surface area (Å²) >= 11 is 5.63. The Morgan fingerprint density at radius 2 is 1.94 bits per heavy atom. The van der Waals surface area contributed by atoms with Gasteiger partial charge in [-0.05, 0) is 30.3 Å². The van der Waals surface area contributed by atoms with Gasteiger partial charge in [0.2, 0.25) is 0 Å². The number of esters is 1. The number of halogens is 2. The van der Waals surface area contributed by atoms with E-state index in [0.717, 1.165) is 5.56 Å². The van der Waals surface area contributed by atoms with Crippen molar-refractivity contribution in [1.82, 2.24) is 4.98 Å². The maximum atomic E-state index is 12.7.